The number of hydrogen-bond donors (Lipinski definition) is 2. The summed E-state index contributed by atoms with van der Waals surface area (Å²) in [5.41, 5.74) is 1.59. The van der Waals surface area contributed by atoms with E-state index in [1.54, 1.807) is 18.2 Å². The minimum Gasteiger partial charge on any atom is -0.502 e. The maximum absolute atomic E-state index is 13.1. The second kappa shape index (κ2) is 14.7. The minimum atomic E-state index is -3.95. The molecular weight excluding hydrogens is 544 g/mol. The Labute approximate surface area is 243 Å². The predicted molar refractivity (Wildman–Crippen MR) is 165 cm³/mol. The van der Waals surface area contributed by atoms with E-state index < -0.39 is 21.3 Å². The number of hydrogen-bond acceptors (Lipinski definition) is 7. The molecule has 0 aliphatic carbocycles. The number of benzene rings is 2. The lowest BCUT2D eigenvalue weighted by atomic mass is 10.1. The van der Waals surface area contributed by atoms with Crippen molar-refractivity contribution in [2.24, 2.45) is 0 Å². The second-order valence-electron chi connectivity index (χ2n) is 11.2. The lowest BCUT2D eigenvalue weighted by molar-refractivity contribution is -0.890. The molecule has 0 saturated heterocycles. The highest BCUT2D eigenvalue weighted by Gasteiger charge is 2.18. The summed E-state index contributed by atoms with van der Waals surface area (Å²) in [6, 6.07) is 12.8. The van der Waals surface area contributed by atoms with Crippen LogP contribution in [0.5, 0.6) is 11.5 Å². The van der Waals surface area contributed by atoms with Gasteiger partial charge in [-0.2, -0.15) is 8.42 Å². The quantitative estimate of drug-likeness (QED) is 0.117. The molecule has 0 spiro atoms. The van der Waals surface area contributed by atoms with Gasteiger partial charge in [-0.15, -0.1) is 0 Å². The normalized spacial score (nSPS) is 12.1. The van der Waals surface area contributed by atoms with Gasteiger partial charge in [0.25, 0.3) is 10.1 Å². The maximum atomic E-state index is 13.1. The van der Waals surface area contributed by atoms with Crippen molar-refractivity contribution in [2.75, 3.05) is 57.5 Å². The van der Waals surface area contributed by atoms with Crippen LogP contribution in [-0.2, 0) is 10.1 Å². The summed E-state index contributed by atoms with van der Waals surface area (Å²) in [4.78, 5) is 15.5. The molecule has 0 unspecified atom stereocenters. The Balaban J connectivity index is 1.68. The standard InChI is InChI=1S/C31H44N2O7S/c1-5-7-17-32(18-8-6-2)25-13-11-24(12-14-25)31-30(35)29(34)27-23-26(15-16-28(27)40-31)39-21-9-19-33(3,4)20-10-22-41(36,37)38/h11-16,23H,5-10,17-22H2,1-4H3,(H-,35,36,37,38)/p+1. The molecule has 0 atom stereocenters. The van der Waals surface area contributed by atoms with Gasteiger partial charge >= 0.3 is 0 Å². The lowest BCUT2D eigenvalue weighted by Gasteiger charge is -2.29. The van der Waals surface area contributed by atoms with Crippen LogP contribution in [0.1, 0.15) is 52.4 Å². The zero-order valence-corrected chi connectivity index (χ0v) is 25.6. The number of fused-ring (bicyclic) bond motifs is 1. The van der Waals surface area contributed by atoms with Gasteiger partial charge in [0, 0.05) is 37.2 Å². The van der Waals surface area contributed by atoms with E-state index in [0.29, 0.717) is 47.4 Å². The molecule has 0 amide bonds. The van der Waals surface area contributed by atoms with E-state index in [4.69, 9.17) is 13.7 Å². The number of ether oxygens (including phenoxy) is 1. The number of rotatable bonds is 17. The molecule has 226 valence electrons. The first kappa shape index (κ1) is 32.4. The van der Waals surface area contributed by atoms with Crippen LogP contribution in [-0.4, -0.2) is 75.2 Å². The summed E-state index contributed by atoms with van der Waals surface area (Å²) in [5.74, 6) is -0.0377. The highest BCUT2D eigenvalue weighted by molar-refractivity contribution is 7.85. The Kier molecular flexibility index (Phi) is 11.6. The Morgan fingerprint density at radius 1 is 0.927 bits per heavy atom. The molecule has 3 aromatic rings. The van der Waals surface area contributed by atoms with Gasteiger partial charge in [0.2, 0.25) is 11.2 Å². The smallest absolute Gasteiger partial charge is 0.265 e. The zero-order valence-electron chi connectivity index (χ0n) is 24.8. The van der Waals surface area contributed by atoms with E-state index in [0.717, 1.165) is 51.0 Å². The highest BCUT2D eigenvalue weighted by atomic mass is 32.2. The molecule has 0 fully saturated rings. The average molecular weight is 590 g/mol. The van der Waals surface area contributed by atoms with Gasteiger partial charge in [-0.1, -0.05) is 26.7 Å². The molecule has 0 aliphatic heterocycles. The van der Waals surface area contributed by atoms with Gasteiger partial charge in [-0.05, 0) is 55.3 Å². The molecule has 41 heavy (non-hydrogen) atoms. The van der Waals surface area contributed by atoms with E-state index in [9.17, 15) is 18.3 Å². The molecule has 0 radical (unpaired) electrons. The molecule has 0 saturated carbocycles. The second-order valence-corrected chi connectivity index (χ2v) is 12.8. The Hall–Kier alpha value is -3.08. The maximum Gasteiger partial charge on any atom is 0.265 e. The summed E-state index contributed by atoms with van der Waals surface area (Å²) >= 11 is 0. The van der Waals surface area contributed by atoms with Crippen LogP contribution in [0.3, 0.4) is 0 Å². The van der Waals surface area contributed by atoms with Crippen molar-refractivity contribution < 1.29 is 31.7 Å². The molecule has 2 aromatic carbocycles. The van der Waals surface area contributed by atoms with E-state index in [2.05, 4.69) is 18.7 Å². The van der Waals surface area contributed by atoms with Crippen LogP contribution in [0.2, 0.25) is 0 Å². The third-order valence-electron chi connectivity index (χ3n) is 7.24. The fourth-order valence-corrected chi connectivity index (χ4v) is 5.30. The topological polar surface area (TPSA) is 117 Å². The van der Waals surface area contributed by atoms with E-state index >= 15 is 0 Å². The molecule has 9 nitrogen and oxygen atoms in total. The number of quaternary nitrogens is 1. The third kappa shape index (κ3) is 9.76. The van der Waals surface area contributed by atoms with Crippen molar-refractivity contribution in [3.63, 3.8) is 0 Å². The molecule has 1 heterocycles. The number of unbranched alkanes of at least 4 members (excludes halogenated alkanes) is 2. The Morgan fingerprint density at radius 2 is 1.56 bits per heavy atom. The van der Waals surface area contributed by atoms with Crippen molar-refractivity contribution in [3.05, 3.63) is 52.7 Å². The van der Waals surface area contributed by atoms with E-state index in [1.807, 2.05) is 38.4 Å². The highest BCUT2D eigenvalue weighted by Crippen LogP contribution is 2.32. The van der Waals surface area contributed by atoms with Crippen molar-refractivity contribution in [2.45, 2.75) is 52.4 Å². The van der Waals surface area contributed by atoms with Gasteiger partial charge < -0.3 is 23.6 Å². The number of anilines is 1. The molecule has 1 aromatic heterocycles. The Bertz CT molecular complexity index is 1430. The average Bonchev–Trinajstić information content (AvgIpc) is 2.92. The Morgan fingerprint density at radius 3 is 2.17 bits per heavy atom. The molecule has 2 N–H and O–H groups in total. The third-order valence-corrected chi connectivity index (χ3v) is 8.04. The molecular formula is C31H45N2O7S+. The van der Waals surface area contributed by atoms with Gasteiger partial charge in [0.15, 0.2) is 5.76 Å². The van der Waals surface area contributed by atoms with Gasteiger partial charge in [0.1, 0.15) is 11.3 Å². The van der Waals surface area contributed by atoms with Crippen LogP contribution >= 0.6 is 0 Å². The predicted octanol–water partition coefficient (Wildman–Crippen LogP) is 5.70. The number of nitrogens with zero attached hydrogens (tertiary/aromatic N) is 2. The van der Waals surface area contributed by atoms with Crippen molar-refractivity contribution in [3.8, 4) is 22.8 Å². The lowest BCUT2D eigenvalue weighted by Crippen LogP contribution is -2.42. The minimum absolute atomic E-state index is 0.144. The molecule has 10 heteroatoms. The van der Waals surface area contributed by atoms with E-state index in [1.165, 1.54) is 0 Å². The fraction of sp³-hybridized carbons (Fsp3) is 0.516. The summed E-state index contributed by atoms with van der Waals surface area (Å²) < 4.78 is 43.2. The molecule has 3 rings (SSSR count). The SMILES string of the molecule is CCCCN(CCCC)c1ccc(-c2oc3ccc(OCCC[N+](C)(C)CCCS(=O)(=O)O)cc3c(=O)c2O)cc1. The van der Waals surface area contributed by atoms with Crippen LogP contribution in [0.25, 0.3) is 22.3 Å². The summed E-state index contributed by atoms with van der Waals surface area (Å²) in [7, 11) is 0.0387. The largest absolute Gasteiger partial charge is 0.502 e. The van der Waals surface area contributed by atoms with Crippen LogP contribution in [0.15, 0.2) is 51.7 Å². The molecule has 0 aliphatic rings. The van der Waals surface area contributed by atoms with Crippen LogP contribution < -0.4 is 15.1 Å². The first-order valence-corrected chi connectivity index (χ1v) is 16.1. The first-order chi connectivity index (χ1) is 19.4. The zero-order chi connectivity index (χ0) is 30.0. The van der Waals surface area contributed by atoms with Crippen molar-refractivity contribution in [1.29, 1.82) is 0 Å². The summed E-state index contributed by atoms with van der Waals surface area (Å²) in [5, 5.41) is 11.0. The monoisotopic (exact) mass is 589 g/mol. The summed E-state index contributed by atoms with van der Waals surface area (Å²) in [6.07, 6.45) is 5.58. The van der Waals surface area contributed by atoms with E-state index in [-0.39, 0.29) is 16.9 Å². The van der Waals surface area contributed by atoms with Crippen LogP contribution in [0, 0.1) is 0 Å². The van der Waals surface area contributed by atoms with Crippen molar-refractivity contribution >= 4 is 26.8 Å². The van der Waals surface area contributed by atoms with Gasteiger partial charge in [-0.3, -0.25) is 9.35 Å². The molecule has 0 bridgehead atoms. The van der Waals surface area contributed by atoms with Gasteiger partial charge in [0.05, 0.1) is 44.9 Å². The number of aromatic hydroxyl groups is 1. The van der Waals surface area contributed by atoms with Crippen LogP contribution in [0.4, 0.5) is 5.69 Å². The first-order valence-electron chi connectivity index (χ1n) is 14.5. The summed E-state index contributed by atoms with van der Waals surface area (Å²) in [6.45, 7) is 8.11. The van der Waals surface area contributed by atoms with Crippen molar-refractivity contribution in [1.82, 2.24) is 0 Å². The van der Waals surface area contributed by atoms with Gasteiger partial charge in [-0.25, -0.2) is 0 Å². The fourth-order valence-electron chi connectivity index (χ4n) is 4.81.